The topological polar surface area (TPSA) is 44.8 Å². The van der Waals surface area contributed by atoms with Gasteiger partial charge in [-0.3, -0.25) is 4.79 Å². The maximum atomic E-state index is 12.9. The van der Waals surface area contributed by atoms with Gasteiger partial charge in [-0.25, -0.2) is 0 Å². The average Bonchev–Trinajstić information content (AvgIpc) is 3.08. The number of rotatable bonds is 13. The van der Waals surface area contributed by atoms with Gasteiger partial charge in [-0.15, -0.1) is 0 Å². The monoisotopic (exact) mass is 518 g/mol. The molecule has 0 bridgehead atoms. The van der Waals surface area contributed by atoms with Crippen LogP contribution in [0.4, 0.5) is 0 Å². The first-order chi connectivity index (χ1) is 16.9. The molecule has 4 nitrogen and oxygen atoms in total. The number of ether oxygens (including phenoxy) is 2. The van der Waals surface area contributed by atoms with Gasteiger partial charge in [0.1, 0.15) is 0 Å². The Bertz CT molecular complexity index is 783. The van der Waals surface area contributed by atoms with E-state index >= 15 is 0 Å². The molecule has 1 saturated heterocycles. The van der Waals surface area contributed by atoms with Gasteiger partial charge in [-0.05, 0) is 81.7 Å². The van der Waals surface area contributed by atoms with Gasteiger partial charge in [-0.2, -0.15) is 0 Å². The van der Waals surface area contributed by atoms with Crippen LogP contribution in [-0.4, -0.2) is 39.7 Å². The van der Waals surface area contributed by atoms with E-state index in [0.29, 0.717) is 13.0 Å². The maximum absolute atomic E-state index is 12.9. The molecule has 0 spiro atoms. The molecule has 0 aromatic heterocycles. The molecule has 1 saturated carbocycles. The molecule has 5 heteroatoms. The summed E-state index contributed by atoms with van der Waals surface area (Å²) in [6, 6.07) is 0. The lowest BCUT2D eigenvalue weighted by Crippen LogP contribution is -2.44. The molecular weight excluding hydrogens is 464 g/mol. The summed E-state index contributed by atoms with van der Waals surface area (Å²) in [7, 11) is -1.94. The number of hydrogen-bond acceptors (Lipinski definition) is 4. The van der Waals surface area contributed by atoms with Crippen molar-refractivity contribution in [2.24, 2.45) is 5.41 Å². The van der Waals surface area contributed by atoms with Crippen molar-refractivity contribution in [1.29, 1.82) is 0 Å². The Kier molecular flexibility index (Phi) is 12.3. The van der Waals surface area contributed by atoms with Crippen LogP contribution >= 0.6 is 0 Å². The van der Waals surface area contributed by atoms with E-state index in [2.05, 4.69) is 72.9 Å². The molecule has 36 heavy (non-hydrogen) atoms. The lowest BCUT2D eigenvalue weighted by atomic mass is 9.82. The molecule has 2 aliphatic rings. The molecule has 1 aliphatic carbocycles. The maximum Gasteiger partial charge on any atom is 0.192 e. The van der Waals surface area contributed by atoms with Crippen LogP contribution in [0.25, 0.3) is 0 Å². The summed E-state index contributed by atoms with van der Waals surface area (Å²) in [6.07, 6.45) is 18.8. The third-order valence-electron chi connectivity index (χ3n) is 8.30. The summed E-state index contributed by atoms with van der Waals surface area (Å²) in [5.74, 6) is 0.252. The van der Waals surface area contributed by atoms with E-state index in [4.69, 9.17) is 13.9 Å². The second kappa shape index (κ2) is 14.2. The Labute approximate surface area is 223 Å². The van der Waals surface area contributed by atoms with E-state index in [-0.39, 0.29) is 28.6 Å². The fourth-order valence-electron chi connectivity index (χ4n) is 4.71. The molecule has 2 rings (SSSR count). The molecule has 0 aromatic rings. The SMILES string of the molecule is CCCCCC(=O)/C=C1\[C@@H](O[Si](C)(C)C(C)(C)C)CC[C@@]1(C)/C=C/C/C(C)=C/COC1CCCCO1. The van der Waals surface area contributed by atoms with Crippen LogP contribution < -0.4 is 0 Å². The summed E-state index contributed by atoms with van der Waals surface area (Å²) in [6.45, 7) is 19.5. The zero-order chi connectivity index (χ0) is 26.8. The highest BCUT2D eigenvalue weighted by atomic mass is 28.4. The number of hydrogen-bond donors (Lipinski definition) is 0. The van der Waals surface area contributed by atoms with Crippen molar-refractivity contribution in [1.82, 2.24) is 0 Å². The summed E-state index contributed by atoms with van der Waals surface area (Å²) in [5.41, 5.74) is 2.34. The molecule has 0 aromatic carbocycles. The zero-order valence-electron chi connectivity index (χ0n) is 24.6. The molecule has 206 valence electrons. The molecule has 1 unspecified atom stereocenters. The molecule has 1 aliphatic heterocycles. The zero-order valence-corrected chi connectivity index (χ0v) is 25.6. The molecule has 0 N–H and O–H groups in total. The van der Waals surface area contributed by atoms with Crippen molar-refractivity contribution in [3.05, 3.63) is 35.5 Å². The quantitative estimate of drug-likeness (QED) is 0.106. The minimum Gasteiger partial charge on any atom is -0.410 e. The van der Waals surface area contributed by atoms with E-state index in [9.17, 15) is 4.79 Å². The van der Waals surface area contributed by atoms with Gasteiger partial charge in [0, 0.05) is 18.4 Å². The Morgan fingerprint density at radius 1 is 1.19 bits per heavy atom. The summed E-state index contributed by atoms with van der Waals surface area (Å²) < 4.78 is 18.4. The van der Waals surface area contributed by atoms with Crippen LogP contribution in [0.5, 0.6) is 0 Å². The Hall–Kier alpha value is -1.01. The molecule has 0 amide bonds. The van der Waals surface area contributed by atoms with Gasteiger partial charge in [-0.1, -0.05) is 71.3 Å². The highest BCUT2D eigenvalue weighted by Crippen LogP contribution is 2.48. The number of ketones is 1. The van der Waals surface area contributed by atoms with Crippen molar-refractivity contribution in [3.63, 3.8) is 0 Å². The first-order valence-electron chi connectivity index (χ1n) is 14.4. The van der Waals surface area contributed by atoms with E-state index in [1.807, 2.05) is 6.08 Å². The number of allylic oxidation sites excluding steroid dienone is 4. The van der Waals surface area contributed by atoms with Crippen LogP contribution in [0.1, 0.15) is 106 Å². The van der Waals surface area contributed by atoms with Crippen molar-refractivity contribution >= 4 is 14.1 Å². The molecule has 2 fully saturated rings. The third-order valence-corrected chi connectivity index (χ3v) is 12.8. The van der Waals surface area contributed by atoms with E-state index < -0.39 is 8.32 Å². The highest BCUT2D eigenvalue weighted by Gasteiger charge is 2.45. The van der Waals surface area contributed by atoms with Crippen LogP contribution in [-0.2, 0) is 18.7 Å². The Morgan fingerprint density at radius 3 is 2.58 bits per heavy atom. The lowest BCUT2D eigenvalue weighted by Gasteiger charge is -2.39. The standard InChI is InChI=1S/C31H54O4Si/c1-9-10-11-16-26(32)24-27-28(35-36(7,8)30(3,4)5)18-21-31(27,6)20-14-15-25(2)19-23-34-29-17-12-13-22-33-29/h14,19-20,24,28-29H,9-13,15-18,21-23H2,1-8H3/b20-14+,25-19+,27-24+/t28-,29?,31+/m0/s1. The Morgan fingerprint density at radius 2 is 1.94 bits per heavy atom. The van der Waals surface area contributed by atoms with Crippen molar-refractivity contribution in [3.8, 4) is 0 Å². The normalized spacial score (nSPS) is 27.3. The van der Waals surface area contributed by atoms with Crippen LogP contribution in [0.15, 0.2) is 35.5 Å². The number of unbranched alkanes of at least 4 members (excludes halogenated alkanes) is 2. The lowest BCUT2D eigenvalue weighted by molar-refractivity contribution is -0.155. The van der Waals surface area contributed by atoms with Gasteiger partial charge < -0.3 is 13.9 Å². The van der Waals surface area contributed by atoms with Crippen molar-refractivity contribution < 1.29 is 18.7 Å². The predicted molar refractivity (Wildman–Crippen MR) is 154 cm³/mol. The summed E-state index contributed by atoms with van der Waals surface area (Å²) >= 11 is 0. The van der Waals surface area contributed by atoms with Gasteiger partial charge in [0.2, 0.25) is 0 Å². The first kappa shape index (κ1) is 31.2. The van der Waals surface area contributed by atoms with Crippen LogP contribution in [0.2, 0.25) is 18.1 Å². The molecule has 0 radical (unpaired) electrons. The molecular formula is C31H54O4Si. The number of carbonyl (C=O) groups is 1. The van der Waals surface area contributed by atoms with Gasteiger partial charge in [0.05, 0.1) is 12.7 Å². The molecule has 3 atom stereocenters. The van der Waals surface area contributed by atoms with Gasteiger partial charge in [0.25, 0.3) is 0 Å². The third kappa shape index (κ3) is 9.70. The predicted octanol–water partition coefficient (Wildman–Crippen LogP) is 8.69. The summed E-state index contributed by atoms with van der Waals surface area (Å²) in [5, 5.41) is 0.144. The average molecular weight is 519 g/mol. The number of carbonyl (C=O) groups excluding carboxylic acids is 1. The van der Waals surface area contributed by atoms with Gasteiger partial charge in [0.15, 0.2) is 20.4 Å². The molecule has 1 heterocycles. The van der Waals surface area contributed by atoms with E-state index in [1.165, 1.54) is 17.6 Å². The van der Waals surface area contributed by atoms with Crippen LogP contribution in [0.3, 0.4) is 0 Å². The fourth-order valence-corrected chi connectivity index (χ4v) is 6.02. The Balaban J connectivity index is 2.09. The van der Waals surface area contributed by atoms with E-state index in [0.717, 1.165) is 58.0 Å². The minimum atomic E-state index is -1.94. The fraction of sp³-hybridized carbons (Fsp3) is 0.774. The second-order valence-corrected chi connectivity index (χ2v) is 17.4. The minimum absolute atomic E-state index is 0.0381. The second-order valence-electron chi connectivity index (χ2n) is 12.6. The van der Waals surface area contributed by atoms with Crippen molar-refractivity contribution in [2.75, 3.05) is 13.2 Å². The first-order valence-corrected chi connectivity index (χ1v) is 17.3. The van der Waals surface area contributed by atoms with E-state index in [1.54, 1.807) is 0 Å². The van der Waals surface area contributed by atoms with Crippen molar-refractivity contribution in [2.45, 2.75) is 136 Å². The summed E-state index contributed by atoms with van der Waals surface area (Å²) in [4.78, 5) is 12.9. The van der Waals surface area contributed by atoms with Gasteiger partial charge >= 0.3 is 0 Å². The highest BCUT2D eigenvalue weighted by molar-refractivity contribution is 6.74. The largest absolute Gasteiger partial charge is 0.410 e. The smallest absolute Gasteiger partial charge is 0.192 e. The van der Waals surface area contributed by atoms with Crippen LogP contribution in [0, 0.1) is 5.41 Å².